The summed E-state index contributed by atoms with van der Waals surface area (Å²) in [6, 6.07) is 9.97. The van der Waals surface area contributed by atoms with Crippen LogP contribution in [0.3, 0.4) is 0 Å². The number of hydrogen-bond acceptors (Lipinski definition) is 4. The van der Waals surface area contributed by atoms with E-state index in [0.29, 0.717) is 30.0 Å². The predicted molar refractivity (Wildman–Crippen MR) is 119 cm³/mol. The number of halogens is 3. The molecule has 8 heteroatoms. The first-order valence-corrected chi connectivity index (χ1v) is 10.9. The SMILES string of the molecule is OC(Cc1ccncn1)NC[C@H]1C[C@H](c2c(-c3ccc(F)cc3)[nH]c3c(F)cc(F)cc32)C1. The Morgan fingerprint density at radius 3 is 2.58 bits per heavy atom. The van der Waals surface area contributed by atoms with Crippen molar-refractivity contribution in [2.75, 3.05) is 6.54 Å². The van der Waals surface area contributed by atoms with Crippen LogP contribution in [-0.2, 0) is 6.42 Å². The second-order valence-electron chi connectivity index (χ2n) is 8.59. The van der Waals surface area contributed by atoms with Gasteiger partial charge in [-0.05, 0) is 72.2 Å². The Morgan fingerprint density at radius 2 is 1.85 bits per heavy atom. The third-order valence-corrected chi connectivity index (χ3v) is 6.33. The Kier molecular flexibility index (Phi) is 5.86. The first-order chi connectivity index (χ1) is 16.0. The Morgan fingerprint density at radius 1 is 1.06 bits per heavy atom. The highest BCUT2D eigenvalue weighted by Gasteiger charge is 2.34. The summed E-state index contributed by atoms with van der Waals surface area (Å²) in [4.78, 5) is 11.1. The number of hydrogen-bond donors (Lipinski definition) is 3. The highest BCUT2D eigenvalue weighted by Crippen LogP contribution is 2.48. The number of aliphatic hydroxyl groups excluding tert-OH is 1. The van der Waals surface area contributed by atoms with E-state index in [2.05, 4.69) is 20.3 Å². The average Bonchev–Trinajstić information content (AvgIpc) is 3.13. The molecule has 5 rings (SSSR count). The van der Waals surface area contributed by atoms with E-state index in [-0.39, 0.29) is 17.3 Å². The van der Waals surface area contributed by atoms with Crippen LogP contribution in [0.4, 0.5) is 13.2 Å². The summed E-state index contributed by atoms with van der Waals surface area (Å²) < 4.78 is 42.0. The van der Waals surface area contributed by atoms with Crippen LogP contribution in [0, 0.1) is 23.4 Å². The third kappa shape index (κ3) is 4.49. The minimum atomic E-state index is -0.718. The van der Waals surface area contributed by atoms with Gasteiger partial charge < -0.3 is 10.1 Å². The largest absolute Gasteiger partial charge is 0.378 e. The van der Waals surface area contributed by atoms with E-state index in [1.165, 1.54) is 24.5 Å². The molecule has 1 fully saturated rings. The van der Waals surface area contributed by atoms with Gasteiger partial charge in [0.05, 0.1) is 11.2 Å². The lowest BCUT2D eigenvalue weighted by atomic mass is 9.70. The smallest absolute Gasteiger partial charge is 0.150 e. The standard InChI is InChI=1S/C25H23F3N4O/c26-17-3-1-15(2-4-17)24-23(20-9-18(27)10-21(28)25(20)32-24)16-7-14(8-16)12-30-22(33)11-19-5-6-29-13-31-19/h1-6,9-10,13-14,16,22,30,32-33H,7-8,11-12H2/t14-,16-,22?. The van der Waals surface area contributed by atoms with Crippen LogP contribution in [0.5, 0.6) is 0 Å². The van der Waals surface area contributed by atoms with Crippen LogP contribution in [0.25, 0.3) is 22.2 Å². The summed E-state index contributed by atoms with van der Waals surface area (Å²) >= 11 is 0. The lowest BCUT2D eigenvalue weighted by molar-refractivity contribution is 0.117. The van der Waals surface area contributed by atoms with Gasteiger partial charge in [-0.3, -0.25) is 5.32 Å². The van der Waals surface area contributed by atoms with E-state index >= 15 is 0 Å². The fourth-order valence-corrected chi connectivity index (χ4v) is 4.66. The molecule has 170 valence electrons. The minimum absolute atomic E-state index is 0.103. The number of rotatable bonds is 7. The molecule has 2 aromatic heterocycles. The van der Waals surface area contributed by atoms with Crippen molar-refractivity contribution in [2.24, 2.45) is 5.92 Å². The molecular weight excluding hydrogens is 429 g/mol. The monoisotopic (exact) mass is 452 g/mol. The molecule has 2 aromatic carbocycles. The van der Waals surface area contributed by atoms with Crippen molar-refractivity contribution in [2.45, 2.75) is 31.4 Å². The summed E-state index contributed by atoms with van der Waals surface area (Å²) in [5.41, 5.74) is 3.28. The Bertz CT molecular complexity index is 1250. The van der Waals surface area contributed by atoms with Gasteiger partial charge in [-0.2, -0.15) is 0 Å². The number of fused-ring (bicyclic) bond motifs is 1. The number of benzene rings is 2. The van der Waals surface area contributed by atoms with Crippen molar-refractivity contribution >= 4 is 10.9 Å². The first kappa shape index (κ1) is 21.6. The molecule has 1 atom stereocenters. The predicted octanol–water partition coefficient (Wildman–Crippen LogP) is 4.69. The summed E-state index contributed by atoms with van der Waals surface area (Å²) in [5, 5.41) is 13.9. The zero-order valence-electron chi connectivity index (χ0n) is 17.7. The highest BCUT2D eigenvalue weighted by molar-refractivity contribution is 5.92. The molecule has 3 N–H and O–H groups in total. The fraction of sp³-hybridized carbons (Fsp3) is 0.280. The summed E-state index contributed by atoms with van der Waals surface area (Å²) in [7, 11) is 0. The molecule has 1 aliphatic carbocycles. The van der Waals surface area contributed by atoms with Crippen molar-refractivity contribution in [1.29, 1.82) is 0 Å². The summed E-state index contributed by atoms with van der Waals surface area (Å²) in [6.45, 7) is 0.625. The normalized spacial score (nSPS) is 18.9. The molecule has 0 spiro atoms. The summed E-state index contributed by atoms with van der Waals surface area (Å²) in [5.74, 6) is -1.21. The minimum Gasteiger partial charge on any atom is -0.378 e. The number of aromatic nitrogens is 3. The molecular formula is C25H23F3N4O. The number of aliphatic hydroxyl groups is 1. The molecule has 1 unspecified atom stereocenters. The average molecular weight is 452 g/mol. The maximum atomic E-state index is 14.5. The molecule has 4 aromatic rings. The molecule has 1 aliphatic rings. The van der Waals surface area contributed by atoms with Crippen molar-refractivity contribution < 1.29 is 18.3 Å². The fourth-order valence-electron chi connectivity index (χ4n) is 4.66. The maximum absolute atomic E-state index is 14.5. The van der Waals surface area contributed by atoms with Gasteiger partial charge in [0.25, 0.3) is 0 Å². The van der Waals surface area contributed by atoms with Gasteiger partial charge in [0.2, 0.25) is 0 Å². The van der Waals surface area contributed by atoms with E-state index in [1.54, 1.807) is 24.4 Å². The van der Waals surface area contributed by atoms with Gasteiger partial charge in [0.15, 0.2) is 0 Å². The first-order valence-electron chi connectivity index (χ1n) is 10.9. The molecule has 0 saturated heterocycles. The van der Waals surface area contributed by atoms with Crippen LogP contribution in [0.1, 0.15) is 30.0 Å². The van der Waals surface area contributed by atoms with Crippen molar-refractivity contribution in [3.63, 3.8) is 0 Å². The van der Waals surface area contributed by atoms with Gasteiger partial charge in [-0.15, -0.1) is 0 Å². The molecule has 0 amide bonds. The highest BCUT2D eigenvalue weighted by atomic mass is 19.1. The number of aromatic amines is 1. The maximum Gasteiger partial charge on any atom is 0.150 e. The Labute approximate surface area is 188 Å². The van der Waals surface area contributed by atoms with Gasteiger partial charge in [0, 0.05) is 36.3 Å². The third-order valence-electron chi connectivity index (χ3n) is 6.33. The van der Waals surface area contributed by atoms with Gasteiger partial charge in [-0.25, -0.2) is 23.1 Å². The van der Waals surface area contributed by atoms with Crippen LogP contribution in [0.2, 0.25) is 0 Å². The lowest BCUT2D eigenvalue weighted by Crippen LogP contribution is -2.39. The number of nitrogens with one attached hydrogen (secondary N) is 2. The van der Waals surface area contributed by atoms with Crippen molar-refractivity contribution in [3.8, 4) is 11.3 Å². The number of nitrogens with zero attached hydrogens (tertiary/aromatic N) is 2. The lowest BCUT2D eigenvalue weighted by Gasteiger charge is -2.37. The van der Waals surface area contributed by atoms with Crippen LogP contribution in [-0.4, -0.2) is 32.8 Å². The summed E-state index contributed by atoms with van der Waals surface area (Å²) in [6.07, 6.45) is 4.37. The van der Waals surface area contributed by atoms with E-state index in [1.807, 2.05) is 0 Å². The molecule has 0 bridgehead atoms. The molecule has 33 heavy (non-hydrogen) atoms. The van der Waals surface area contributed by atoms with Crippen LogP contribution < -0.4 is 5.32 Å². The van der Waals surface area contributed by atoms with E-state index in [4.69, 9.17) is 0 Å². The van der Waals surface area contributed by atoms with E-state index in [9.17, 15) is 18.3 Å². The molecule has 1 saturated carbocycles. The van der Waals surface area contributed by atoms with Crippen LogP contribution in [0.15, 0.2) is 55.0 Å². The number of H-pyrrole nitrogens is 1. The Balaban J connectivity index is 1.32. The molecule has 0 aliphatic heterocycles. The van der Waals surface area contributed by atoms with Gasteiger partial charge in [-0.1, -0.05) is 0 Å². The second kappa shape index (κ2) is 8.96. The van der Waals surface area contributed by atoms with Crippen molar-refractivity contribution in [3.05, 3.63) is 83.7 Å². The second-order valence-corrected chi connectivity index (χ2v) is 8.59. The zero-order valence-corrected chi connectivity index (χ0v) is 17.7. The molecule has 5 nitrogen and oxygen atoms in total. The van der Waals surface area contributed by atoms with Crippen molar-refractivity contribution in [1.82, 2.24) is 20.3 Å². The van der Waals surface area contributed by atoms with Crippen LogP contribution >= 0.6 is 0 Å². The zero-order chi connectivity index (χ0) is 22.9. The Hall–Kier alpha value is -3.23. The van der Waals surface area contributed by atoms with E-state index in [0.717, 1.165) is 35.7 Å². The molecule has 2 heterocycles. The van der Waals surface area contributed by atoms with Gasteiger partial charge in [0.1, 0.15) is 30.0 Å². The quantitative estimate of drug-likeness (QED) is 0.356. The van der Waals surface area contributed by atoms with E-state index < -0.39 is 17.9 Å². The molecule has 0 radical (unpaired) electrons. The topological polar surface area (TPSA) is 73.8 Å². The van der Waals surface area contributed by atoms with Gasteiger partial charge >= 0.3 is 0 Å².